The molecule has 0 aromatic carbocycles. The summed E-state index contributed by atoms with van der Waals surface area (Å²) in [6.07, 6.45) is 0.254. The molecule has 0 spiro atoms. The third-order valence-corrected chi connectivity index (χ3v) is 8.25. The normalized spacial score (nSPS) is 35.9. The van der Waals surface area contributed by atoms with Crippen molar-refractivity contribution in [3.05, 3.63) is 10.6 Å². The molecule has 94 valence electrons. The zero-order valence-corrected chi connectivity index (χ0v) is 13.0. The molecular weight excluding hydrogens is 289 g/mol. The molecule has 0 amide bonds. The summed E-state index contributed by atoms with van der Waals surface area (Å²) in [4.78, 5) is 0. The number of ether oxygens (including phenoxy) is 1. The minimum atomic E-state index is -3.08. The van der Waals surface area contributed by atoms with Crippen molar-refractivity contribution < 1.29 is 9.30 Å². The van der Waals surface area contributed by atoms with Crippen LogP contribution in [0.5, 0.6) is 0 Å². The summed E-state index contributed by atoms with van der Waals surface area (Å²) in [6.45, 7) is 2.97. The molecule has 0 bridgehead atoms. The van der Waals surface area contributed by atoms with Crippen LogP contribution in [0.25, 0.3) is 0 Å². The number of hydrogen-bond acceptors (Lipinski definition) is 2. The van der Waals surface area contributed by atoms with E-state index in [1.54, 1.807) is 0 Å². The summed E-state index contributed by atoms with van der Waals surface area (Å²) in [5.74, 6) is 0. The average Bonchev–Trinajstić information content (AvgIpc) is 2.27. The maximum absolute atomic E-state index is 12.4. The highest BCUT2D eigenvalue weighted by atomic mass is 35.7. The first-order chi connectivity index (χ1) is 7.06. The molecule has 0 aromatic rings. The lowest BCUT2D eigenvalue weighted by molar-refractivity contribution is 0.197. The largest absolute Gasteiger partial charge is 0.382 e. The van der Waals surface area contributed by atoms with Gasteiger partial charge in [-0.25, -0.2) is 0 Å². The molecule has 0 aromatic heterocycles. The molecule has 1 heterocycles. The predicted octanol–water partition coefficient (Wildman–Crippen LogP) is 4.64. The van der Waals surface area contributed by atoms with E-state index in [1.165, 1.54) is 7.11 Å². The number of hydrogen-bond donors (Lipinski definition) is 0. The highest BCUT2D eigenvalue weighted by Crippen LogP contribution is 2.74. The molecule has 6 heteroatoms. The third-order valence-electron chi connectivity index (χ3n) is 2.73. The molecule has 0 aliphatic carbocycles. The van der Waals surface area contributed by atoms with Crippen molar-refractivity contribution >= 4 is 40.9 Å². The average molecular weight is 306 g/mol. The second-order valence-corrected chi connectivity index (χ2v) is 10.4. The highest BCUT2D eigenvalue weighted by molar-refractivity contribution is 7.92. The number of halogens is 3. The summed E-state index contributed by atoms with van der Waals surface area (Å²) in [5, 5.41) is 0.391. The van der Waals surface area contributed by atoms with Crippen LogP contribution in [0, 0.1) is 5.41 Å². The predicted molar refractivity (Wildman–Crippen MR) is 71.1 cm³/mol. The maximum Gasteiger partial charge on any atom is 0.200 e. The first-order valence-electron chi connectivity index (χ1n) is 4.92. The molecule has 2 atom stereocenters. The quantitative estimate of drug-likeness (QED) is 0.549. The van der Waals surface area contributed by atoms with E-state index in [0.717, 1.165) is 5.57 Å². The fourth-order valence-electron chi connectivity index (χ4n) is 1.69. The first-order valence-corrected chi connectivity index (χ1v) is 8.48. The first kappa shape index (κ1) is 14.9. The Bertz CT molecular complexity index is 373. The van der Waals surface area contributed by atoms with Gasteiger partial charge in [0.25, 0.3) is 0 Å². The lowest BCUT2D eigenvalue weighted by Gasteiger charge is -2.24. The summed E-state index contributed by atoms with van der Waals surface area (Å²) in [5.41, 5.74) is 0.672. The Morgan fingerprint density at radius 1 is 1.50 bits per heavy atom. The van der Waals surface area contributed by atoms with Crippen molar-refractivity contribution in [2.75, 3.05) is 19.9 Å². The second kappa shape index (κ2) is 4.48. The zero-order valence-electron chi connectivity index (χ0n) is 9.81. The van der Waals surface area contributed by atoms with Crippen molar-refractivity contribution in [1.82, 2.24) is 0 Å². The van der Waals surface area contributed by atoms with Crippen molar-refractivity contribution in [2.45, 2.75) is 25.4 Å². The number of methoxy groups -OCH3 is 1. The smallest absolute Gasteiger partial charge is 0.200 e. The van der Waals surface area contributed by atoms with Gasteiger partial charge >= 0.3 is 0 Å². The standard InChI is InChI=1S/C10H16Cl3O2P/c1-9(2,3)7-5-16(13,14)10(12,6-15-4)8(7)11/h5-6H2,1-4H3. The Labute approximate surface area is 111 Å². The number of alkyl halides is 1. The Morgan fingerprint density at radius 3 is 2.31 bits per heavy atom. The van der Waals surface area contributed by atoms with E-state index in [1.807, 2.05) is 20.8 Å². The highest BCUT2D eigenvalue weighted by Gasteiger charge is 2.56. The third kappa shape index (κ3) is 2.33. The van der Waals surface area contributed by atoms with Crippen LogP contribution in [0.4, 0.5) is 0 Å². The molecule has 1 aliphatic rings. The fraction of sp³-hybridized carbons (Fsp3) is 0.800. The Hall–Kier alpha value is 0.800. The van der Waals surface area contributed by atoms with Gasteiger partial charge in [-0.2, -0.15) is 0 Å². The van der Waals surface area contributed by atoms with E-state index in [2.05, 4.69) is 0 Å². The molecule has 0 N–H and O–H groups in total. The van der Waals surface area contributed by atoms with E-state index in [-0.39, 0.29) is 18.2 Å². The van der Waals surface area contributed by atoms with E-state index in [9.17, 15) is 4.57 Å². The van der Waals surface area contributed by atoms with Crippen molar-refractivity contribution in [1.29, 1.82) is 0 Å². The monoisotopic (exact) mass is 304 g/mol. The second-order valence-electron chi connectivity index (χ2n) is 5.04. The van der Waals surface area contributed by atoms with Gasteiger partial charge in [0.1, 0.15) is 0 Å². The van der Waals surface area contributed by atoms with Gasteiger partial charge in [0, 0.05) is 13.3 Å². The lowest BCUT2D eigenvalue weighted by Crippen LogP contribution is -2.24. The lowest BCUT2D eigenvalue weighted by atomic mass is 9.87. The molecule has 0 saturated heterocycles. The van der Waals surface area contributed by atoms with Gasteiger partial charge in [0.2, 0.25) is 6.49 Å². The van der Waals surface area contributed by atoms with Crippen LogP contribution in [0.3, 0.4) is 0 Å². The van der Waals surface area contributed by atoms with E-state index in [0.29, 0.717) is 5.03 Å². The minimum Gasteiger partial charge on any atom is -0.382 e. The van der Waals surface area contributed by atoms with Crippen molar-refractivity contribution in [3.8, 4) is 0 Å². The summed E-state index contributed by atoms with van der Waals surface area (Å²) in [6, 6.07) is 0. The molecule has 16 heavy (non-hydrogen) atoms. The van der Waals surface area contributed by atoms with Crippen LogP contribution in [-0.2, 0) is 9.30 Å². The van der Waals surface area contributed by atoms with Gasteiger partial charge < -0.3 is 9.30 Å². The van der Waals surface area contributed by atoms with Gasteiger partial charge in [-0.3, -0.25) is 0 Å². The molecule has 1 rings (SSSR count). The Balaban J connectivity index is 3.28. The summed E-state index contributed by atoms with van der Waals surface area (Å²) in [7, 11) is 1.49. The summed E-state index contributed by atoms with van der Waals surface area (Å²) < 4.78 is 16.1. The topological polar surface area (TPSA) is 26.3 Å². The van der Waals surface area contributed by atoms with E-state index >= 15 is 0 Å². The van der Waals surface area contributed by atoms with Gasteiger partial charge in [0.05, 0.1) is 11.6 Å². The Kier molecular flexibility index (Phi) is 4.16. The van der Waals surface area contributed by atoms with E-state index < -0.39 is 11.1 Å². The zero-order chi connectivity index (χ0) is 12.8. The van der Waals surface area contributed by atoms with Gasteiger partial charge in [-0.05, 0) is 11.0 Å². The van der Waals surface area contributed by atoms with Gasteiger partial charge in [0.15, 0.2) is 4.62 Å². The number of rotatable bonds is 2. The number of allylic oxidation sites excluding steroid dienone is 1. The van der Waals surface area contributed by atoms with E-state index in [4.69, 9.17) is 39.2 Å². The fourth-order valence-corrected chi connectivity index (χ4v) is 5.93. The molecular formula is C10H16Cl3O2P. The molecule has 0 fully saturated rings. The molecule has 0 radical (unpaired) electrons. The minimum absolute atomic E-state index is 0.0632. The van der Waals surface area contributed by atoms with Crippen LogP contribution in [0.2, 0.25) is 0 Å². The Morgan fingerprint density at radius 2 is 2.00 bits per heavy atom. The van der Waals surface area contributed by atoms with Crippen LogP contribution < -0.4 is 0 Å². The van der Waals surface area contributed by atoms with Crippen LogP contribution in [-0.4, -0.2) is 24.5 Å². The maximum atomic E-state index is 12.4. The van der Waals surface area contributed by atoms with Crippen LogP contribution in [0.1, 0.15) is 20.8 Å². The molecule has 2 nitrogen and oxygen atoms in total. The van der Waals surface area contributed by atoms with Crippen LogP contribution >= 0.6 is 40.9 Å². The SMILES string of the molecule is COCC1(Cl)C(Cl)=C(C(C)(C)C)CP1(=O)Cl. The molecule has 0 saturated carbocycles. The van der Waals surface area contributed by atoms with Crippen molar-refractivity contribution in [3.63, 3.8) is 0 Å². The van der Waals surface area contributed by atoms with Gasteiger partial charge in [-0.1, -0.05) is 43.6 Å². The molecule has 2 unspecified atom stereocenters. The van der Waals surface area contributed by atoms with Gasteiger partial charge in [-0.15, -0.1) is 11.6 Å². The van der Waals surface area contributed by atoms with Crippen LogP contribution in [0.15, 0.2) is 10.6 Å². The van der Waals surface area contributed by atoms with Crippen molar-refractivity contribution in [2.24, 2.45) is 5.41 Å². The molecule has 1 aliphatic heterocycles. The summed E-state index contributed by atoms with van der Waals surface area (Å²) >= 11 is 18.6.